The quantitative estimate of drug-likeness (QED) is 0.163. The van der Waals surface area contributed by atoms with Crippen molar-refractivity contribution in [2.45, 2.75) is 31.1 Å². The first kappa shape index (κ1) is 17.7. The number of oxime groups is 1. The third kappa shape index (κ3) is 5.13. The molecule has 0 spiro atoms. The molecule has 0 bridgehead atoms. The molecular formula is C15H25N3O2S. The number of nitrogens with zero attached hydrogens (tertiary/aromatic N) is 2. The van der Waals surface area contributed by atoms with E-state index in [1.54, 1.807) is 11.8 Å². The second-order valence-electron chi connectivity index (χ2n) is 4.77. The summed E-state index contributed by atoms with van der Waals surface area (Å²) in [7, 11) is 2.00. The first-order valence-electron chi connectivity index (χ1n) is 7.21. The molecule has 6 heteroatoms. The first-order valence-corrected chi connectivity index (χ1v) is 8.20. The van der Waals surface area contributed by atoms with E-state index in [2.05, 4.69) is 17.0 Å². The van der Waals surface area contributed by atoms with Gasteiger partial charge in [-0.15, -0.1) is 11.8 Å². The molecule has 0 aromatic heterocycles. The largest absolute Gasteiger partial charge is 0.409 e. The maximum absolute atomic E-state index is 9.04. The van der Waals surface area contributed by atoms with E-state index in [1.165, 1.54) is 0 Å². The average Bonchev–Trinajstić information content (AvgIpc) is 2.50. The molecule has 0 heterocycles. The minimum absolute atomic E-state index is 0.142. The van der Waals surface area contributed by atoms with E-state index in [-0.39, 0.29) is 12.4 Å². The SMILES string of the molecule is CCSc1cccc(N(C)CCCCCO)c1/C(N)=N/O. The summed E-state index contributed by atoms with van der Waals surface area (Å²) in [6.07, 6.45) is 2.81. The van der Waals surface area contributed by atoms with Gasteiger partial charge >= 0.3 is 0 Å². The van der Waals surface area contributed by atoms with Gasteiger partial charge in [0.2, 0.25) is 0 Å². The highest BCUT2D eigenvalue weighted by Gasteiger charge is 2.15. The van der Waals surface area contributed by atoms with Gasteiger partial charge in [-0.1, -0.05) is 18.1 Å². The summed E-state index contributed by atoms with van der Waals surface area (Å²) in [4.78, 5) is 3.14. The standard InChI is InChI=1S/C15H25N3O2S/c1-3-21-13-9-7-8-12(14(13)15(16)17-20)18(2)10-5-4-6-11-19/h7-9,19-20H,3-6,10-11H2,1-2H3,(H2,16,17). The number of anilines is 1. The molecule has 0 fully saturated rings. The summed E-state index contributed by atoms with van der Waals surface area (Å²) in [5.74, 6) is 1.07. The summed E-state index contributed by atoms with van der Waals surface area (Å²) in [6, 6.07) is 5.97. The smallest absolute Gasteiger partial charge is 0.173 e. The predicted molar refractivity (Wildman–Crippen MR) is 89.6 cm³/mol. The van der Waals surface area contributed by atoms with E-state index in [9.17, 15) is 0 Å². The lowest BCUT2D eigenvalue weighted by Crippen LogP contribution is -2.24. The highest BCUT2D eigenvalue weighted by molar-refractivity contribution is 7.99. The van der Waals surface area contributed by atoms with Crippen LogP contribution in [0.2, 0.25) is 0 Å². The molecule has 0 saturated carbocycles. The van der Waals surface area contributed by atoms with Crippen LogP contribution in [0.15, 0.2) is 28.3 Å². The van der Waals surface area contributed by atoms with Crippen LogP contribution in [-0.2, 0) is 0 Å². The number of rotatable bonds is 9. The van der Waals surface area contributed by atoms with Crippen LogP contribution in [-0.4, -0.2) is 42.1 Å². The topological polar surface area (TPSA) is 82.1 Å². The molecule has 4 N–H and O–H groups in total. The van der Waals surface area contributed by atoms with Crippen molar-refractivity contribution in [2.24, 2.45) is 10.9 Å². The molecule has 5 nitrogen and oxygen atoms in total. The van der Waals surface area contributed by atoms with Gasteiger partial charge in [-0.3, -0.25) is 0 Å². The number of aliphatic hydroxyl groups excluding tert-OH is 1. The van der Waals surface area contributed by atoms with Gasteiger partial charge in [0.25, 0.3) is 0 Å². The Morgan fingerprint density at radius 2 is 2.10 bits per heavy atom. The fourth-order valence-electron chi connectivity index (χ4n) is 2.18. The van der Waals surface area contributed by atoms with Crippen molar-refractivity contribution in [3.8, 4) is 0 Å². The maximum Gasteiger partial charge on any atom is 0.173 e. The summed E-state index contributed by atoms with van der Waals surface area (Å²) >= 11 is 1.68. The fourth-order valence-corrected chi connectivity index (χ4v) is 3.02. The molecule has 0 radical (unpaired) electrons. The van der Waals surface area contributed by atoms with Crippen LogP contribution in [0.4, 0.5) is 5.69 Å². The number of unbranched alkanes of at least 4 members (excludes halogenated alkanes) is 2. The molecule has 0 saturated heterocycles. The maximum atomic E-state index is 9.04. The van der Waals surface area contributed by atoms with Crippen molar-refractivity contribution in [3.63, 3.8) is 0 Å². The van der Waals surface area contributed by atoms with E-state index >= 15 is 0 Å². The molecule has 0 amide bonds. The number of hydrogen-bond acceptors (Lipinski definition) is 5. The Labute approximate surface area is 130 Å². The lowest BCUT2D eigenvalue weighted by atomic mass is 10.1. The number of nitrogens with two attached hydrogens (primary N) is 1. The molecule has 0 atom stereocenters. The van der Waals surface area contributed by atoms with Crippen LogP contribution in [0, 0.1) is 0 Å². The molecule has 1 aromatic rings. The van der Waals surface area contributed by atoms with Crippen LogP contribution in [0.3, 0.4) is 0 Å². The van der Waals surface area contributed by atoms with Crippen molar-refractivity contribution >= 4 is 23.3 Å². The van der Waals surface area contributed by atoms with Crippen molar-refractivity contribution in [2.75, 3.05) is 30.9 Å². The number of aliphatic hydroxyl groups is 1. The molecule has 1 rings (SSSR count). The van der Waals surface area contributed by atoms with Crippen LogP contribution < -0.4 is 10.6 Å². The summed E-state index contributed by atoms with van der Waals surface area (Å²) in [6.45, 7) is 3.18. The highest BCUT2D eigenvalue weighted by atomic mass is 32.2. The van der Waals surface area contributed by atoms with Crippen LogP contribution in [0.5, 0.6) is 0 Å². The van der Waals surface area contributed by atoms with Gasteiger partial charge in [0.15, 0.2) is 5.84 Å². The summed E-state index contributed by atoms with van der Waals surface area (Å²) < 4.78 is 0. The Bertz CT molecular complexity index is 466. The third-order valence-corrected chi connectivity index (χ3v) is 4.17. The monoisotopic (exact) mass is 311 g/mol. The van der Waals surface area contributed by atoms with E-state index in [4.69, 9.17) is 16.0 Å². The molecule has 0 aliphatic carbocycles. The molecule has 0 aliphatic heterocycles. The third-order valence-electron chi connectivity index (χ3n) is 3.23. The van der Waals surface area contributed by atoms with E-state index in [0.717, 1.165) is 47.7 Å². The van der Waals surface area contributed by atoms with Gasteiger partial charge in [-0.05, 0) is 37.1 Å². The minimum atomic E-state index is 0.142. The molecule has 0 unspecified atom stereocenters. The zero-order chi connectivity index (χ0) is 15.7. The molecule has 0 aliphatic rings. The number of hydrogen-bond donors (Lipinski definition) is 3. The second kappa shape index (κ2) is 9.52. The van der Waals surface area contributed by atoms with E-state index in [0.29, 0.717) is 0 Å². The lowest BCUT2D eigenvalue weighted by molar-refractivity contribution is 0.283. The fraction of sp³-hybridized carbons (Fsp3) is 0.533. The second-order valence-corrected chi connectivity index (χ2v) is 6.08. The zero-order valence-electron chi connectivity index (χ0n) is 12.7. The highest BCUT2D eigenvalue weighted by Crippen LogP contribution is 2.30. The summed E-state index contributed by atoms with van der Waals surface area (Å²) in [5.41, 5.74) is 7.62. The van der Waals surface area contributed by atoms with Gasteiger partial charge in [0.1, 0.15) is 0 Å². The van der Waals surface area contributed by atoms with Crippen molar-refractivity contribution in [3.05, 3.63) is 23.8 Å². The first-order chi connectivity index (χ1) is 10.2. The van der Waals surface area contributed by atoms with Gasteiger partial charge in [0.05, 0.1) is 5.56 Å². The summed E-state index contributed by atoms with van der Waals surface area (Å²) in [5, 5.41) is 21.0. The predicted octanol–water partition coefficient (Wildman–Crippen LogP) is 2.49. The van der Waals surface area contributed by atoms with Crippen molar-refractivity contribution in [1.82, 2.24) is 0 Å². The average molecular weight is 311 g/mol. The Balaban J connectivity index is 2.96. The van der Waals surface area contributed by atoms with Crippen molar-refractivity contribution in [1.29, 1.82) is 0 Å². The van der Waals surface area contributed by atoms with Crippen LogP contribution in [0.1, 0.15) is 31.7 Å². The minimum Gasteiger partial charge on any atom is -0.409 e. The lowest BCUT2D eigenvalue weighted by Gasteiger charge is -2.23. The Morgan fingerprint density at radius 3 is 2.71 bits per heavy atom. The number of amidine groups is 1. The van der Waals surface area contributed by atoms with Crippen LogP contribution in [0.25, 0.3) is 0 Å². The Morgan fingerprint density at radius 1 is 1.33 bits per heavy atom. The normalized spacial score (nSPS) is 11.7. The van der Waals surface area contributed by atoms with Gasteiger partial charge in [-0.2, -0.15) is 0 Å². The number of benzene rings is 1. The van der Waals surface area contributed by atoms with E-state index in [1.807, 2.05) is 25.2 Å². The molecular weight excluding hydrogens is 286 g/mol. The Hall–Kier alpha value is -1.40. The van der Waals surface area contributed by atoms with Gasteiger partial charge < -0.3 is 20.9 Å². The molecule has 21 heavy (non-hydrogen) atoms. The molecule has 118 valence electrons. The van der Waals surface area contributed by atoms with Gasteiger partial charge in [-0.25, -0.2) is 0 Å². The Kier molecular flexibility index (Phi) is 8.00. The zero-order valence-corrected chi connectivity index (χ0v) is 13.6. The van der Waals surface area contributed by atoms with Gasteiger partial charge in [0, 0.05) is 30.8 Å². The molecule has 1 aromatic carbocycles. The van der Waals surface area contributed by atoms with Crippen LogP contribution >= 0.6 is 11.8 Å². The van der Waals surface area contributed by atoms with E-state index < -0.39 is 0 Å². The van der Waals surface area contributed by atoms with Crippen molar-refractivity contribution < 1.29 is 10.3 Å². The number of thioether (sulfide) groups is 1.